The average Bonchev–Trinajstić information content (AvgIpc) is 2.99. The number of nitrogens with one attached hydrogen (secondary N) is 1. The molecule has 1 atom stereocenters. The van der Waals surface area contributed by atoms with Crippen LogP contribution in [0.4, 0.5) is 17.6 Å². The predicted molar refractivity (Wildman–Crippen MR) is 82.5 cm³/mol. The van der Waals surface area contributed by atoms with Gasteiger partial charge in [0.1, 0.15) is 5.75 Å². The molecule has 1 heterocycles. The summed E-state index contributed by atoms with van der Waals surface area (Å²) in [5.41, 5.74) is -0.0440. The Morgan fingerprint density at radius 2 is 2.09 bits per heavy atom. The van der Waals surface area contributed by atoms with Gasteiger partial charge in [-0.05, 0) is 31.5 Å². The molecule has 1 aliphatic rings. The predicted octanol–water partition coefficient (Wildman–Crippen LogP) is 4.42. The van der Waals surface area contributed by atoms with Crippen molar-refractivity contribution >= 4 is 28.8 Å². The summed E-state index contributed by atoms with van der Waals surface area (Å²) in [5.74, 6) is -2.59. The molecule has 0 radical (unpaired) electrons. The summed E-state index contributed by atoms with van der Waals surface area (Å²) in [4.78, 5) is 0.340. The van der Waals surface area contributed by atoms with E-state index in [1.807, 2.05) is 0 Å². The monoisotopic (exact) mass is 353 g/mol. The van der Waals surface area contributed by atoms with Crippen LogP contribution in [0.25, 0.3) is 0 Å². The topological polar surface area (TPSA) is 21.3 Å². The number of hydrogen-bond acceptors (Lipinski definition) is 4. The zero-order chi connectivity index (χ0) is 16.3. The van der Waals surface area contributed by atoms with E-state index in [9.17, 15) is 17.6 Å². The number of hydrogen-bond donors (Lipinski definition) is 1. The first-order valence-electron chi connectivity index (χ1n) is 6.66. The fourth-order valence-corrected chi connectivity index (χ4v) is 3.42. The molecule has 0 saturated carbocycles. The van der Waals surface area contributed by atoms with E-state index in [2.05, 4.69) is 5.32 Å². The summed E-state index contributed by atoms with van der Waals surface area (Å²) in [6.45, 7) is 0.820. The highest BCUT2D eigenvalue weighted by molar-refractivity contribution is 7.99. The highest BCUT2D eigenvalue weighted by Gasteiger charge is 2.26. The molecule has 1 N–H and O–H groups in total. The highest BCUT2D eigenvalue weighted by Crippen LogP contribution is 2.39. The Labute approximate surface area is 135 Å². The number of benzene rings is 1. The van der Waals surface area contributed by atoms with E-state index in [0.29, 0.717) is 10.4 Å². The molecule has 0 aliphatic carbocycles. The molecule has 1 saturated heterocycles. The number of halogens is 4. The van der Waals surface area contributed by atoms with Crippen LogP contribution in [0.1, 0.15) is 30.4 Å². The van der Waals surface area contributed by atoms with E-state index in [1.54, 1.807) is 0 Å². The van der Waals surface area contributed by atoms with Crippen LogP contribution in [0.15, 0.2) is 17.0 Å². The lowest BCUT2D eigenvalue weighted by molar-refractivity contribution is 0.147. The lowest BCUT2D eigenvalue weighted by Crippen LogP contribution is -2.30. The van der Waals surface area contributed by atoms with Gasteiger partial charge in [0.2, 0.25) is 0 Å². The van der Waals surface area contributed by atoms with Crippen molar-refractivity contribution in [2.45, 2.75) is 36.0 Å². The van der Waals surface area contributed by atoms with E-state index in [1.165, 1.54) is 13.2 Å². The van der Waals surface area contributed by atoms with Gasteiger partial charge >= 0.3 is 0 Å². The quantitative estimate of drug-likeness (QED) is 0.354. The van der Waals surface area contributed by atoms with E-state index in [-0.39, 0.29) is 28.4 Å². The van der Waals surface area contributed by atoms with Crippen molar-refractivity contribution in [3.8, 4) is 5.75 Å². The van der Waals surface area contributed by atoms with E-state index in [4.69, 9.17) is 17.0 Å². The summed E-state index contributed by atoms with van der Waals surface area (Å²) in [6, 6.07) is 2.33. The second kappa shape index (κ2) is 7.61. The molecule has 0 aromatic heterocycles. The number of thioether (sulfide) groups is 1. The van der Waals surface area contributed by atoms with Gasteiger partial charge in [0, 0.05) is 26.9 Å². The lowest BCUT2D eigenvalue weighted by Gasteiger charge is -2.18. The Morgan fingerprint density at radius 1 is 1.36 bits per heavy atom. The molecule has 0 spiro atoms. The molecule has 0 amide bonds. The van der Waals surface area contributed by atoms with Crippen LogP contribution < -0.4 is 10.1 Å². The zero-order valence-electron chi connectivity index (χ0n) is 11.7. The minimum Gasteiger partial charge on any atom is -0.496 e. The van der Waals surface area contributed by atoms with Gasteiger partial charge in [0.15, 0.2) is 0 Å². The molecule has 1 aliphatic heterocycles. The van der Waals surface area contributed by atoms with E-state index < -0.39 is 17.7 Å². The molecule has 1 unspecified atom stereocenters. The van der Waals surface area contributed by atoms with Gasteiger partial charge in [-0.15, -0.1) is 0 Å². The Kier molecular flexibility index (Phi) is 6.05. The molecule has 2 rings (SSSR count). The van der Waals surface area contributed by atoms with Crippen LogP contribution in [0.5, 0.6) is 5.75 Å². The van der Waals surface area contributed by atoms with Gasteiger partial charge in [0.05, 0.1) is 7.11 Å². The Hall–Kier alpha value is -0.860. The smallest absolute Gasteiger partial charge is 0.288 e. The number of ether oxygens (including phenoxy) is 1. The van der Waals surface area contributed by atoms with Gasteiger partial charge in [-0.2, -0.15) is 8.78 Å². The van der Waals surface area contributed by atoms with Gasteiger partial charge in [-0.3, -0.25) is 0 Å². The van der Waals surface area contributed by atoms with Gasteiger partial charge < -0.3 is 10.1 Å². The van der Waals surface area contributed by atoms with Crippen molar-refractivity contribution in [1.82, 2.24) is 5.32 Å². The fraction of sp³-hybridized carbons (Fsp3) is 0.500. The van der Waals surface area contributed by atoms with Crippen LogP contribution in [0.3, 0.4) is 0 Å². The summed E-state index contributed by atoms with van der Waals surface area (Å²) in [7, 11) is 1.35. The minimum absolute atomic E-state index is 0.0642. The van der Waals surface area contributed by atoms with Gasteiger partial charge in [-0.1, -0.05) is 24.0 Å². The molecule has 22 heavy (non-hydrogen) atoms. The maximum atomic E-state index is 13.1. The Balaban J connectivity index is 2.44. The Bertz CT molecular complexity index is 548. The first kappa shape index (κ1) is 17.5. The standard InChI is InChI=1S/C14H15F4NOS2/c1-20-10-5-8(13(15)16)11(22-14(17)18)6-7(10)12(21)9-3-2-4-19-9/h5-6,9,13-14,19H,2-4H2,1H3. The van der Waals surface area contributed by atoms with Crippen molar-refractivity contribution in [3.63, 3.8) is 0 Å². The lowest BCUT2D eigenvalue weighted by atomic mass is 10.0. The third kappa shape index (κ3) is 3.91. The SMILES string of the molecule is COc1cc(C(F)F)c(SC(F)F)cc1C(=S)C1CCCN1. The van der Waals surface area contributed by atoms with Crippen LogP contribution >= 0.6 is 24.0 Å². The Morgan fingerprint density at radius 3 is 2.59 bits per heavy atom. The largest absolute Gasteiger partial charge is 0.496 e. The normalized spacial score (nSPS) is 18.2. The maximum Gasteiger partial charge on any atom is 0.288 e. The molecule has 1 fully saturated rings. The molecule has 122 valence electrons. The highest BCUT2D eigenvalue weighted by atomic mass is 32.2. The molecule has 0 bridgehead atoms. The van der Waals surface area contributed by atoms with Gasteiger partial charge in [0.25, 0.3) is 12.2 Å². The maximum absolute atomic E-state index is 13.1. The van der Waals surface area contributed by atoms with Gasteiger partial charge in [-0.25, -0.2) is 8.78 Å². The zero-order valence-corrected chi connectivity index (χ0v) is 13.4. The van der Waals surface area contributed by atoms with E-state index in [0.717, 1.165) is 25.5 Å². The van der Waals surface area contributed by atoms with Crippen molar-refractivity contribution in [1.29, 1.82) is 0 Å². The molecule has 1 aromatic rings. The van der Waals surface area contributed by atoms with Crippen LogP contribution in [0, 0.1) is 0 Å². The number of thiocarbonyl (C=S) groups is 1. The number of rotatable bonds is 6. The first-order valence-corrected chi connectivity index (χ1v) is 7.95. The third-order valence-electron chi connectivity index (χ3n) is 3.43. The second-order valence-corrected chi connectivity index (χ2v) is 6.25. The number of alkyl halides is 4. The molecular formula is C14H15F4NOS2. The number of methoxy groups -OCH3 is 1. The average molecular weight is 353 g/mol. The third-order valence-corrected chi connectivity index (χ3v) is 4.72. The van der Waals surface area contributed by atoms with Crippen molar-refractivity contribution in [2.24, 2.45) is 0 Å². The molecule has 2 nitrogen and oxygen atoms in total. The summed E-state index contributed by atoms with van der Waals surface area (Å²) in [5, 5.41) is 3.20. The van der Waals surface area contributed by atoms with Crippen LogP contribution in [-0.2, 0) is 0 Å². The van der Waals surface area contributed by atoms with E-state index >= 15 is 0 Å². The minimum atomic E-state index is -2.86. The summed E-state index contributed by atoms with van der Waals surface area (Å²) >= 11 is 5.49. The van der Waals surface area contributed by atoms with Crippen LogP contribution in [0.2, 0.25) is 0 Å². The fourth-order valence-electron chi connectivity index (χ4n) is 2.40. The molecule has 1 aromatic carbocycles. The van der Waals surface area contributed by atoms with Crippen molar-refractivity contribution in [3.05, 3.63) is 23.3 Å². The van der Waals surface area contributed by atoms with Crippen molar-refractivity contribution in [2.75, 3.05) is 13.7 Å². The second-order valence-electron chi connectivity index (χ2n) is 4.78. The summed E-state index contributed by atoms with van der Waals surface area (Å²) in [6.07, 6.45) is -1.07. The van der Waals surface area contributed by atoms with Crippen LogP contribution in [-0.4, -0.2) is 30.3 Å². The molecular weight excluding hydrogens is 338 g/mol. The summed E-state index contributed by atoms with van der Waals surface area (Å²) < 4.78 is 56.5. The van der Waals surface area contributed by atoms with Crippen molar-refractivity contribution < 1.29 is 22.3 Å². The molecule has 8 heteroatoms. The first-order chi connectivity index (χ1) is 10.4.